The van der Waals surface area contributed by atoms with Crippen LogP contribution in [-0.2, 0) is 0 Å². The molecule has 2 atom stereocenters. The highest BCUT2D eigenvalue weighted by Gasteiger charge is 2.35. The number of amides is 1. The van der Waals surface area contributed by atoms with E-state index in [-0.39, 0.29) is 17.5 Å². The predicted molar refractivity (Wildman–Crippen MR) is 76.5 cm³/mol. The van der Waals surface area contributed by atoms with Gasteiger partial charge < -0.3 is 4.90 Å². The molecule has 1 fully saturated rings. The Morgan fingerprint density at radius 3 is 2.89 bits per heavy atom. The molecule has 0 aliphatic carbocycles. The van der Waals surface area contributed by atoms with E-state index in [9.17, 15) is 9.18 Å². The minimum absolute atomic E-state index is 0.137. The molecule has 0 N–H and O–H groups in total. The van der Waals surface area contributed by atoms with Crippen LogP contribution in [0.15, 0.2) is 22.7 Å². The van der Waals surface area contributed by atoms with E-state index in [1.807, 2.05) is 0 Å². The number of likely N-dealkylation sites (tertiary alicyclic amines) is 1. The van der Waals surface area contributed by atoms with Crippen molar-refractivity contribution in [1.82, 2.24) is 4.90 Å². The van der Waals surface area contributed by atoms with E-state index in [4.69, 9.17) is 0 Å². The standard InChI is InChI=1S/C13H14Br2FNO/c1-8-5-6-17(11(8)7-14)13(18)12-9(15)3-2-4-10(12)16/h2-4,8,11H,5-7H2,1H3. The van der Waals surface area contributed by atoms with Gasteiger partial charge in [-0.15, -0.1) is 0 Å². The summed E-state index contributed by atoms with van der Waals surface area (Å²) in [5, 5.41) is 0.728. The van der Waals surface area contributed by atoms with Gasteiger partial charge in [-0.1, -0.05) is 28.9 Å². The van der Waals surface area contributed by atoms with Crippen molar-refractivity contribution in [2.45, 2.75) is 19.4 Å². The molecule has 2 unspecified atom stereocenters. The van der Waals surface area contributed by atoms with Crippen LogP contribution in [0.1, 0.15) is 23.7 Å². The maximum atomic E-state index is 13.8. The zero-order valence-corrected chi connectivity index (χ0v) is 13.2. The maximum absolute atomic E-state index is 13.8. The van der Waals surface area contributed by atoms with Gasteiger partial charge in [0, 0.05) is 22.4 Å². The number of rotatable bonds is 2. The predicted octanol–water partition coefficient (Wildman–Crippen LogP) is 3.83. The molecule has 0 bridgehead atoms. The van der Waals surface area contributed by atoms with E-state index in [0.717, 1.165) is 11.8 Å². The first kappa shape index (κ1) is 14.0. The van der Waals surface area contributed by atoms with E-state index in [1.165, 1.54) is 6.07 Å². The average molecular weight is 379 g/mol. The lowest BCUT2D eigenvalue weighted by Crippen LogP contribution is -2.39. The first-order chi connectivity index (χ1) is 8.56. The normalized spacial score (nSPS) is 23.4. The van der Waals surface area contributed by atoms with Crippen molar-refractivity contribution >= 4 is 37.8 Å². The second-order valence-electron chi connectivity index (χ2n) is 4.58. The van der Waals surface area contributed by atoms with Gasteiger partial charge in [0.15, 0.2) is 0 Å². The van der Waals surface area contributed by atoms with Crippen LogP contribution in [0.25, 0.3) is 0 Å². The topological polar surface area (TPSA) is 20.3 Å². The number of alkyl halides is 1. The van der Waals surface area contributed by atoms with Crippen LogP contribution in [0.4, 0.5) is 4.39 Å². The second-order valence-corrected chi connectivity index (χ2v) is 6.08. The first-order valence-corrected chi connectivity index (χ1v) is 7.78. The lowest BCUT2D eigenvalue weighted by molar-refractivity contribution is 0.0733. The zero-order valence-electron chi connectivity index (χ0n) is 10.00. The molecule has 0 spiro atoms. The molecular formula is C13H14Br2FNO. The fourth-order valence-corrected chi connectivity index (χ4v) is 3.84. The van der Waals surface area contributed by atoms with Gasteiger partial charge in [-0.3, -0.25) is 4.79 Å². The van der Waals surface area contributed by atoms with Gasteiger partial charge in [0.1, 0.15) is 5.82 Å². The molecule has 1 amide bonds. The Morgan fingerprint density at radius 2 is 2.28 bits per heavy atom. The summed E-state index contributed by atoms with van der Waals surface area (Å²) in [5.74, 6) is -0.255. The van der Waals surface area contributed by atoms with Crippen molar-refractivity contribution in [2.75, 3.05) is 11.9 Å². The summed E-state index contributed by atoms with van der Waals surface area (Å²) in [6.07, 6.45) is 0.966. The smallest absolute Gasteiger partial charge is 0.258 e. The first-order valence-electron chi connectivity index (χ1n) is 5.87. The molecule has 1 aromatic rings. The molecule has 0 radical (unpaired) electrons. The van der Waals surface area contributed by atoms with Gasteiger partial charge in [-0.05, 0) is 40.4 Å². The molecule has 18 heavy (non-hydrogen) atoms. The van der Waals surface area contributed by atoms with Crippen molar-refractivity contribution in [1.29, 1.82) is 0 Å². The SMILES string of the molecule is CC1CCN(C(=O)c2c(F)cccc2Br)C1CBr. The van der Waals surface area contributed by atoms with Crippen LogP contribution < -0.4 is 0 Å². The third-order valence-corrected chi connectivity index (χ3v) is 4.80. The highest BCUT2D eigenvalue weighted by molar-refractivity contribution is 9.10. The summed E-state index contributed by atoms with van der Waals surface area (Å²) >= 11 is 6.69. The third kappa shape index (κ3) is 2.48. The Morgan fingerprint density at radius 1 is 1.56 bits per heavy atom. The second kappa shape index (κ2) is 5.70. The molecular weight excluding hydrogens is 365 g/mol. The Bertz CT molecular complexity index is 446. The van der Waals surface area contributed by atoms with Gasteiger partial charge in [-0.25, -0.2) is 4.39 Å². The highest BCUT2D eigenvalue weighted by Crippen LogP contribution is 2.29. The molecule has 1 aromatic carbocycles. The summed E-state index contributed by atoms with van der Waals surface area (Å²) in [6, 6.07) is 4.74. The summed E-state index contributed by atoms with van der Waals surface area (Å²) < 4.78 is 14.3. The van der Waals surface area contributed by atoms with Crippen LogP contribution in [0, 0.1) is 11.7 Å². The summed E-state index contributed by atoms with van der Waals surface area (Å²) in [5.41, 5.74) is 0.137. The van der Waals surface area contributed by atoms with Gasteiger partial charge in [0.2, 0.25) is 0 Å². The molecule has 1 saturated heterocycles. The zero-order chi connectivity index (χ0) is 13.3. The summed E-state index contributed by atoms with van der Waals surface area (Å²) in [7, 11) is 0. The minimum Gasteiger partial charge on any atom is -0.334 e. The molecule has 98 valence electrons. The van der Waals surface area contributed by atoms with E-state index in [0.29, 0.717) is 16.9 Å². The van der Waals surface area contributed by atoms with E-state index >= 15 is 0 Å². The molecule has 2 rings (SSSR count). The number of nitrogens with zero attached hydrogens (tertiary/aromatic N) is 1. The van der Waals surface area contributed by atoms with E-state index in [1.54, 1.807) is 17.0 Å². The number of carbonyl (C=O) groups excluding carboxylic acids is 1. The van der Waals surface area contributed by atoms with Crippen LogP contribution in [-0.4, -0.2) is 28.7 Å². The minimum atomic E-state index is -0.470. The van der Waals surface area contributed by atoms with Crippen molar-refractivity contribution in [3.05, 3.63) is 34.1 Å². The molecule has 1 aliphatic rings. The largest absolute Gasteiger partial charge is 0.334 e. The Labute approximate surface area is 123 Å². The Kier molecular flexibility index (Phi) is 4.43. The number of carbonyl (C=O) groups is 1. The summed E-state index contributed by atoms with van der Waals surface area (Å²) in [6.45, 7) is 2.81. The van der Waals surface area contributed by atoms with E-state index < -0.39 is 5.82 Å². The molecule has 5 heteroatoms. The van der Waals surface area contributed by atoms with Gasteiger partial charge >= 0.3 is 0 Å². The van der Waals surface area contributed by atoms with Gasteiger partial charge in [0.05, 0.1) is 5.56 Å². The van der Waals surface area contributed by atoms with Crippen molar-refractivity contribution in [2.24, 2.45) is 5.92 Å². The average Bonchev–Trinajstić information content (AvgIpc) is 2.69. The quantitative estimate of drug-likeness (QED) is 0.716. The summed E-state index contributed by atoms with van der Waals surface area (Å²) in [4.78, 5) is 14.2. The van der Waals surface area contributed by atoms with E-state index in [2.05, 4.69) is 38.8 Å². The fraction of sp³-hybridized carbons (Fsp3) is 0.462. The van der Waals surface area contributed by atoms with Crippen molar-refractivity contribution < 1.29 is 9.18 Å². The van der Waals surface area contributed by atoms with Crippen LogP contribution in [0.2, 0.25) is 0 Å². The third-order valence-electron chi connectivity index (χ3n) is 3.48. The highest BCUT2D eigenvalue weighted by atomic mass is 79.9. The molecule has 1 aliphatic heterocycles. The van der Waals surface area contributed by atoms with Gasteiger partial charge in [0.25, 0.3) is 5.91 Å². The number of benzene rings is 1. The Balaban J connectivity index is 2.32. The molecule has 0 saturated carbocycles. The number of hydrogen-bond donors (Lipinski definition) is 0. The van der Waals surface area contributed by atoms with Gasteiger partial charge in [-0.2, -0.15) is 0 Å². The van der Waals surface area contributed by atoms with Crippen LogP contribution in [0.3, 0.4) is 0 Å². The Hall–Kier alpha value is -0.420. The molecule has 0 aromatic heterocycles. The number of hydrogen-bond acceptors (Lipinski definition) is 1. The lowest BCUT2D eigenvalue weighted by Gasteiger charge is -2.25. The maximum Gasteiger partial charge on any atom is 0.258 e. The van der Waals surface area contributed by atoms with Crippen LogP contribution in [0.5, 0.6) is 0 Å². The number of halogens is 3. The lowest BCUT2D eigenvalue weighted by atomic mass is 10.0. The monoisotopic (exact) mass is 377 g/mol. The van der Waals surface area contributed by atoms with Crippen molar-refractivity contribution in [3.8, 4) is 0 Å². The van der Waals surface area contributed by atoms with Crippen molar-refractivity contribution in [3.63, 3.8) is 0 Å². The van der Waals surface area contributed by atoms with Crippen LogP contribution >= 0.6 is 31.9 Å². The molecule has 1 heterocycles. The fourth-order valence-electron chi connectivity index (χ4n) is 2.34. The molecule has 2 nitrogen and oxygen atoms in total.